The molecule has 1 aliphatic carbocycles. The first-order valence-corrected chi connectivity index (χ1v) is 15.9. The highest BCUT2D eigenvalue weighted by Gasteiger charge is 2.36. The number of benzene rings is 3. The first-order valence-electron chi connectivity index (χ1n) is 15.9. The number of carbonyl (C=O) groups excluding carboxylic acids is 3. The van der Waals surface area contributed by atoms with E-state index in [1.54, 1.807) is 18.9 Å². The first kappa shape index (κ1) is 32.0. The molecule has 0 aromatic heterocycles. The summed E-state index contributed by atoms with van der Waals surface area (Å²) in [5.41, 5.74) is 5.57. The lowest BCUT2D eigenvalue weighted by atomic mass is 9.87. The summed E-state index contributed by atoms with van der Waals surface area (Å²) in [5, 5.41) is 9.14. The molecule has 1 heterocycles. The van der Waals surface area contributed by atoms with E-state index in [4.69, 9.17) is 4.74 Å². The van der Waals surface area contributed by atoms with E-state index in [0.717, 1.165) is 41.7 Å². The Kier molecular flexibility index (Phi) is 10.7. The summed E-state index contributed by atoms with van der Waals surface area (Å²) in [4.78, 5) is 42.5. The summed E-state index contributed by atoms with van der Waals surface area (Å²) < 4.78 is 5.96. The van der Waals surface area contributed by atoms with Gasteiger partial charge in [0, 0.05) is 13.0 Å². The fraction of sp³-hybridized carbons (Fsp3) is 0.378. The van der Waals surface area contributed by atoms with Crippen LogP contribution in [0.1, 0.15) is 60.0 Å². The molecule has 8 heteroatoms. The van der Waals surface area contributed by atoms with E-state index in [1.807, 2.05) is 60.7 Å². The molecule has 1 aliphatic heterocycles. The maximum Gasteiger partial charge on any atom is 0.246 e. The second-order valence-corrected chi connectivity index (χ2v) is 12.1. The molecule has 0 saturated carbocycles. The summed E-state index contributed by atoms with van der Waals surface area (Å²) >= 11 is 0. The molecular formula is C37H44N4O4. The van der Waals surface area contributed by atoms with Gasteiger partial charge in [0.05, 0.1) is 12.1 Å². The van der Waals surface area contributed by atoms with E-state index < -0.39 is 18.1 Å². The van der Waals surface area contributed by atoms with Gasteiger partial charge in [-0.25, -0.2) is 0 Å². The average molecular weight is 609 g/mol. The van der Waals surface area contributed by atoms with Crippen LogP contribution in [0.15, 0.2) is 84.9 Å². The van der Waals surface area contributed by atoms with Crippen LogP contribution in [0, 0.1) is 6.92 Å². The number of hydrogen-bond donors (Lipinski definition) is 3. The van der Waals surface area contributed by atoms with E-state index in [9.17, 15) is 14.4 Å². The van der Waals surface area contributed by atoms with Crippen molar-refractivity contribution < 1.29 is 19.1 Å². The van der Waals surface area contributed by atoms with E-state index >= 15 is 0 Å². The lowest BCUT2D eigenvalue weighted by Gasteiger charge is -2.36. The fourth-order valence-electron chi connectivity index (χ4n) is 5.97. The molecular weight excluding hydrogens is 564 g/mol. The number of likely N-dealkylation sites (N-methyl/N-ethyl adjacent to an activating group) is 1. The van der Waals surface area contributed by atoms with Crippen molar-refractivity contribution in [3.05, 3.63) is 113 Å². The van der Waals surface area contributed by atoms with Crippen molar-refractivity contribution in [1.29, 1.82) is 0 Å². The normalized spacial score (nSPS) is 18.8. The Labute approximate surface area is 266 Å². The minimum absolute atomic E-state index is 0.0796. The van der Waals surface area contributed by atoms with Gasteiger partial charge < -0.3 is 25.6 Å². The maximum atomic E-state index is 14.2. The van der Waals surface area contributed by atoms with Crippen LogP contribution in [0.3, 0.4) is 0 Å². The van der Waals surface area contributed by atoms with Gasteiger partial charge in [0.1, 0.15) is 24.4 Å². The van der Waals surface area contributed by atoms with Gasteiger partial charge in [-0.1, -0.05) is 78.4 Å². The predicted molar refractivity (Wildman–Crippen MR) is 176 cm³/mol. The molecule has 0 radical (unpaired) electrons. The summed E-state index contributed by atoms with van der Waals surface area (Å²) in [7, 11) is 1.70. The molecule has 3 aromatic rings. The van der Waals surface area contributed by atoms with Crippen molar-refractivity contribution in [2.24, 2.45) is 0 Å². The van der Waals surface area contributed by atoms with E-state index in [-0.39, 0.29) is 30.2 Å². The second-order valence-electron chi connectivity index (χ2n) is 12.1. The Bertz CT molecular complexity index is 1500. The molecule has 5 rings (SSSR count). The minimum Gasteiger partial charge on any atom is -0.489 e. The third kappa shape index (κ3) is 8.19. The second kappa shape index (κ2) is 15.0. The Morgan fingerprint density at radius 2 is 1.69 bits per heavy atom. The molecule has 2 aliphatic rings. The minimum atomic E-state index is -0.843. The van der Waals surface area contributed by atoms with Crippen molar-refractivity contribution in [3.8, 4) is 5.75 Å². The van der Waals surface area contributed by atoms with Crippen LogP contribution in [-0.2, 0) is 33.8 Å². The Balaban J connectivity index is 1.29. The molecule has 0 saturated heterocycles. The summed E-state index contributed by atoms with van der Waals surface area (Å²) in [5.74, 6) is -0.00320. The van der Waals surface area contributed by atoms with Gasteiger partial charge in [0.2, 0.25) is 17.7 Å². The predicted octanol–water partition coefficient (Wildman–Crippen LogP) is 4.56. The summed E-state index contributed by atoms with van der Waals surface area (Å²) in [6.45, 7) is 4.56. The Morgan fingerprint density at radius 3 is 2.44 bits per heavy atom. The number of fused-ring (bicyclic) bond motifs is 1. The molecule has 0 bridgehead atoms. The number of carbonyl (C=O) groups is 3. The van der Waals surface area contributed by atoms with Crippen molar-refractivity contribution in [1.82, 2.24) is 20.9 Å². The quantitative estimate of drug-likeness (QED) is 0.277. The monoisotopic (exact) mass is 608 g/mol. The summed E-state index contributed by atoms with van der Waals surface area (Å²) in [6.07, 6.45) is 7.44. The van der Waals surface area contributed by atoms with Crippen molar-refractivity contribution in [2.45, 2.75) is 76.7 Å². The van der Waals surface area contributed by atoms with Crippen LogP contribution in [-0.4, -0.2) is 54.3 Å². The van der Waals surface area contributed by atoms with Crippen molar-refractivity contribution in [3.63, 3.8) is 0 Å². The maximum absolute atomic E-state index is 14.2. The number of aryl methyl sites for hydroxylation is 2. The van der Waals surface area contributed by atoms with Gasteiger partial charge in [-0.3, -0.25) is 14.4 Å². The van der Waals surface area contributed by atoms with Crippen molar-refractivity contribution in [2.75, 3.05) is 13.6 Å². The molecule has 3 amide bonds. The Hall–Kier alpha value is -4.43. The van der Waals surface area contributed by atoms with Crippen LogP contribution in [0.4, 0.5) is 0 Å². The average Bonchev–Trinajstić information content (AvgIpc) is 3.07. The molecule has 8 nitrogen and oxygen atoms in total. The highest BCUT2D eigenvalue weighted by Crippen LogP contribution is 2.30. The lowest BCUT2D eigenvalue weighted by molar-refractivity contribution is -0.143. The lowest BCUT2D eigenvalue weighted by Crippen LogP contribution is -2.58. The van der Waals surface area contributed by atoms with E-state index in [0.29, 0.717) is 19.6 Å². The molecule has 0 spiro atoms. The smallest absolute Gasteiger partial charge is 0.246 e. The topological polar surface area (TPSA) is 99.8 Å². The standard InChI is InChI=1S/C37H44N4O4/c1-25-14-16-28(17-15-25)24-45-30-20-18-27(19-21-30)23-33(40-35(42)26(2)38-3)37(44)41-22-7-6-13-34(41)36(43)39-32-12-8-10-29-9-4-5-11-31(29)32/h4-7,9,11,14-21,26,32-34,38H,8,10,12-13,22-24H2,1-3H3,(H,39,43)(H,40,42)/t26-,32+,33-,34-/m0/s1. The van der Waals surface area contributed by atoms with Crippen LogP contribution >= 0.6 is 0 Å². The zero-order chi connectivity index (χ0) is 31.8. The molecule has 45 heavy (non-hydrogen) atoms. The third-order valence-electron chi connectivity index (χ3n) is 8.81. The number of nitrogens with zero attached hydrogens (tertiary/aromatic N) is 1. The highest BCUT2D eigenvalue weighted by molar-refractivity contribution is 5.93. The molecule has 3 aromatic carbocycles. The first-order chi connectivity index (χ1) is 21.8. The number of hydrogen-bond acceptors (Lipinski definition) is 5. The van der Waals surface area contributed by atoms with Gasteiger partial charge in [-0.2, -0.15) is 0 Å². The summed E-state index contributed by atoms with van der Waals surface area (Å²) in [6, 6.07) is 22.0. The van der Waals surface area contributed by atoms with Gasteiger partial charge >= 0.3 is 0 Å². The highest BCUT2D eigenvalue weighted by atomic mass is 16.5. The van der Waals surface area contributed by atoms with Crippen LogP contribution in [0.2, 0.25) is 0 Å². The van der Waals surface area contributed by atoms with Crippen LogP contribution in [0.25, 0.3) is 0 Å². The molecule has 3 N–H and O–H groups in total. The molecule has 0 unspecified atom stereocenters. The van der Waals surface area contributed by atoms with E-state index in [1.165, 1.54) is 11.1 Å². The number of rotatable bonds is 11. The van der Waals surface area contributed by atoms with Crippen LogP contribution in [0.5, 0.6) is 5.75 Å². The molecule has 236 valence electrons. The molecule has 4 atom stereocenters. The van der Waals surface area contributed by atoms with Gasteiger partial charge in [0.25, 0.3) is 0 Å². The largest absolute Gasteiger partial charge is 0.489 e. The zero-order valence-electron chi connectivity index (χ0n) is 26.4. The van der Waals surface area contributed by atoms with Gasteiger partial charge in [-0.15, -0.1) is 0 Å². The zero-order valence-corrected chi connectivity index (χ0v) is 26.4. The SMILES string of the molecule is CN[C@@H](C)C(=O)N[C@@H](Cc1ccc(OCc2ccc(C)cc2)cc1)C(=O)N1CC=CC[C@H]1C(=O)N[C@@H]1CCCc2ccccc21. The van der Waals surface area contributed by atoms with Crippen LogP contribution < -0.4 is 20.7 Å². The van der Waals surface area contributed by atoms with Gasteiger partial charge in [-0.05, 0) is 81.0 Å². The third-order valence-corrected chi connectivity index (χ3v) is 8.81. The number of amides is 3. The van der Waals surface area contributed by atoms with Gasteiger partial charge in [0.15, 0.2) is 0 Å². The number of nitrogens with one attached hydrogen (secondary N) is 3. The van der Waals surface area contributed by atoms with E-state index in [2.05, 4.69) is 47.1 Å². The number of ether oxygens (including phenoxy) is 1. The molecule has 0 fully saturated rings. The fourth-order valence-corrected chi connectivity index (χ4v) is 5.97. The van der Waals surface area contributed by atoms with Crippen molar-refractivity contribution >= 4 is 17.7 Å². The Morgan fingerprint density at radius 1 is 0.956 bits per heavy atom.